The number of hydrogen-bond acceptors (Lipinski definition) is 4. The van der Waals surface area contributed by atoms with Gasteiger partial charge in [-0.25, -0.2) is 0 Å². The molecule has 4 heteroatoms. The Labute approximate surface area is 109 Å². The lowest BCUT2D eigenvalue weighted by Gasteiger charge is -2.14. The van der Waals surface area contributed by atoms with Crippen LogP contribution in [0.15, 0.2) is 18.2 Å². The molecule has 0 bridgehead atoms. The van der Waals surface area contributed by atoms with Crippen molar-refractivity contribution in [2.45, 2.75) is 13.8 Å². The largest absolute Gasteiger partial charge is 0.497 e. The Hall–Kier alpha value is -1.73. The first-order chi connectivity index (χ1) is 8.69. The molecule has 18 heavy (non-hydrogen) atoms. The van der Waals surface area contributed by atoms with Crippen LogP contribution in [0.3, 0.4) is 0 Å². The zero-order valence-electron chi connectivity index (χ0n) is 11.2. The van der Waals surface area contributed by atoms with Crippen molar-refractivity contribution in [1.29, 1.82) is 5.26 Å². The molecular formula is C14H20N2O2. The Morgan fingerprint density at radius 3 is 2.67 bits per heavy atom. The molecule has 0 saturated heterocycles. The molecule has 0 aromatic heterocycles. The summed E-state index contributed by atoms with van der Waals surface area (Å²) < 4.78 is 10.8. The third-order valence-electron chi connectivity index (χ3n) is 2.52. The molecule has 0 aliphatic rings. The van der Waals surface area contributed by atoms with Crippen molar-refractivity contribution in [2.24, 2.45) is 5.92 Å². The van der Waals surface area contributed by atoms with Gasteiger partial charge in [-0.15, -0.1) is 0 Å². The molecule has 0 radical (unpaired) electrons. The highest BCUT2D eigenvalue weighted by Gasteiger charge is 2.05. The van der Waals surface area contributed by atoms with E-state index in [0.717, 1.165) is 13.1 Å². The standard InChI is InChI=1S/C14H20N2O2/c1-4-16-9-11(2)10-18-14-6-12(8-15)5-13(7-14)17-3/h5-7,11,16H,4,9-10H2,1-3H3. The molecule has 0 heterocycles. The second kappa shape index (κ2) is 7.57. The van der Waals surface area contributed by atoms with Gasteiger partial charge < -0.3 is 14.8 Å². The van der Waals surface area contributed by atoms with Crippen LogP contribution in [0.5, 0.6) is 11.5 Å². The highest BCUT2D eigenvalue weighted by Crippen LogP contribution is 2.22. The van der Waals surface area contributed by atoms with Gasteiger partial charge in [0, 0.05) is 18.5 Å². The Morgan fingerprint density at radius 1 is 1.33 bits per heavy atom. The van der Waals surface area contributed by atoms with Crippen LogP contribution >= 0.6 is 0 Å². The molecule has 1 aromatic rings. The summed E-state index contributed by atoms with van der Waals surface area (Å²) in [4.78, 5) is 0. The van der Waals surface area contributed by atoms with E-state index in [1.165, 1.54) is 0 Å². The fourth-order valence-electron chi connectivity index (χ4n) is 1.53. The minimum atomic E-state index is 0.418. The number of hydrogen-bond donors (Lipinski definition) is 1. The lowest BCUT2D eigenvalue weighted by atomic mass is 10.2. The molecule has 0 spiro atoms. The zero-order chi connectivity index (χ0) is 13.4. The van der Waals surface area contributed by atoms with Crippen LogP contribution in [0, 0.1) is 17.2 Å². The molecule has 1 aromatic carbocycles. The van der Waals surface area contributed by atoms with Crippen LogP contribution in [0.2, 0.25) is 0 Å². The average molecular weight is 248 g/mol. The van der Waals surface area contributed by atoms with Gasteiger partial charge in [0.1, 0.15) is 11.5 Å². The van der Waals surface area contributed by atoms with Gasteiger partial charge in [-0.05, 0) is 18.7 Å². The smallest absolute Gasteiger partial charge is 0.124 e. The zero-order valence-corrected chi connectivity index (χ0v) is 11.2. The van der Waals surface area contributed by atoms with Gasteiger partial charge in [0.2, 0.25) is 0 Å². The van der Waals surface area contributed by atoms with Crippen LogP contribution in [0.25, 0.3) is 0 Å². The third-order valence-corrected chi connectivity index (χ3v) is 2.52. The van der Waals surface area contributed by atoms with Crippen molar-refractivity contribution >= 4 is 0 Å². The number of nitriles is 1. The monoisotopic (exact) mass is 248 g/mol. The molecule has 1 N–H and O–H groups in total. The van der Waals surface area contributed by atoms with E-state index in [0.29, 0.717) is 29.6 Å². The van der Waals surface area contributed by atoms with Gasteiger partial charge in [-0.1, -0.05) is 13.8 Å². The van der Waals surface area contributed by atoms with Crippen molar-refractivity contribution in [1.82, 2.24) is 5.32 Å². The molecule has 0 aliphatic carbocycles. The van der Waals surface area contributed by atoms with Crippen LogP contribution in [-0.2, 0) is 0 Å². The van der Waals surface area contributed by atoms with E-state index in [2.05, 4.69) is 25.2 Å². The molecule has 4 nitrogen and oxygen atoms in total. The molecule has 0 fully saturated rings. The Bertz CT molecular complexity index is 413. The minimum Gasteiger partial charge on any atom is -0.497 e. The van der Waals surface area contributed by atoms with Crippen molar-refractivity contribution in [3.63, 3.8) is 0 Å². The molecule has 0 saturated carbocycles. The number of benzene rings is 1. The first kappa shape index (κ1) is 14.3. The van der Waals surface area contributed by atoms with Crippen molar-refractivity contribution in [2.75, 3.05) is 26.8 Å². The predicted molar refractivity (Wildman–Crippen MR) is 70.9 cm³/mol. The van der Waals surface area contributed by atoms with Gasteiger partial charge in [0.05, 0.1) is 25.3 Å². The summed E-state index contributed by atoms with van der Waals surface area (Å²) in [5, 5.41) is 12.2. The number of methoxy groups -OCH3 is 1. The summed E-state index contributed by atoms with van der Waals surface area (Å²) in [6.07, 6.45) is 0. The molecular weight excluding hydrogens is 228 g/mol. The van der Waals surface area contributed by atoms with Gasteiger partial charge in [0.25, 0.3) is 0 Å². The highest BCUT2D eigenvalue weighted by molar-refractivity contribution is 5.43. The van der Waals surface area contributed by atoms with Crippen molar-refractivity contribution < 1.29 is 9.47 Å². The normalized spacial score (nSPS) is 11.7. The topological polar surface area (TPSA) is 54.3 Å². The minimum absolute atomic E-state index is 0.418. The van der Waals surface area contributed by atoms with E-state index in [9.17, 15) is 0 Å². The van der Waals surface area contributed by atoms with E-state index < -0.39 is 0 Å². The summed E-state index contributed by atoms with van der Waals surface area (Å²) in [6.45, 7) is 6.70. The fourth-order valence-corrected chi connectivity index (χ4v) is 1.53. The maximum Gasteiger partial charge on any atom is 0.124 e. The summed E-state index contributed by atoms with van der Waals surface area (Å²) in [7, 11) is 1.58. The van der Waals surface area contributed by atoms with Crippen molar-refractivity contribution in [3.8, 4) is 17.6 Å². The maximum absolute atomic E-state index is 8.90. The quantitative estimate of drug-likeness (QED) is 0.803. The lowest BCUT2D eigenvalue weighted by molar-refractivity contribution is 0.255. The van der Waals surface area contributed by atoms with Crippen LogP contribution in [0.1, 0.15) is 19.4 Å². The van der Waals surface area contributed by atoms with Crippen LogP contribution in [0.4, 0.5) is 0 Å². The molecule has 0 aliphatic heterocycles. The van der Waals surface area contributed by atoms with E-state index >= 15 is 0 Å². The van der Waals surface area contributed by atoms with Gasteiger partial charge >= 0.3 is 0 Å². The number of nitrogens with one attached hydrogen (secondary N) is 1. The molecule has 98 valence electrons. The second-order valence-electron chi connectivity index (χ2n) is 4.23. The Morgan fingerprint density at radius 2 is 2.06 bits per heavy atom. The highest BCUT2D eigenvalue weighted by atomic mass is 16.5. The fraction of sp³-hybridized carbons (Fsp3) is 0.500. The molecule has 0 amide bonds. The predicted octanol–water partition coefficient (Wildman–Crippen LogP) is 2.19. The van der Waals surface area contributed by atoms with Crippen LogP contribution in [-0.4, -0.2) is 26.8 Å². The van der Waals surface area contributed by atoms with Crippen LogP contribution < -0.4 is 14.8 Å². The molecule has 1 unspecified atom stereocenters. The Kier molecular flexibility index (Phi) is 6.03. The number of rotatable bonds is 7. The summed E-state index contributed by atoms with van der Waals surface area (Å²) in [5.74, 6) is 1.74. The van der Waals surface area contributed by atoms with E-state index in [4.69, 9.17) is 14.7 Å². The molecule has 1 atom stereocenters. The maximum atomic E-state index is 8.90. The van der Waals surface area contributed by atoms with Gasteiger partial charge in [0.15, 0.2) is 0 Å². The SMILES string of the molecule is CCNCC(C)COc1cc(C#N)cc(OC)c1. The Balaban J connectivity index is 2.59. The summed E-state index contributed by atoms with van der Waals surface area (Å²) >= 11 is 0. The van der Waals surface area contributed by atoms with E-state index in [1.54, 1.807) is 25.3 Å². The van der Waals surface area contributed by atoms with E-state index in [-0.39, 0.29) is 0 Å². The van der Waals surface area contributed by atoms with Gasteiger partial charge in [-0.3, -0.25) is 0 Å². The molecule has 1 rings (SSSR count). The second-order valence-corrected chi connectivity index (χ2v) is 4.23. The average Bonchev–Trinajstić information content (AvgIpc) is 2.42. The summed E-state index contributed by atoms with van der Waals surface area (Å²) in [6, 6.07) is 7.30. The summed E-state index contributed by atoms with van der Waals surface area (Å²) in [5.41, 5.74) is 0.545. The van der Waals surface area contributed by atoms with Crippen molar-refractivity contribution in [3.05, 3.63) is 23.8 Å². The lowest BCUT2D eigenvalue weighted by Crippen LogP contribution is -2.24. The first-order valence-corrected chi connectivity index (χ1v) is 6.12. The third kappa shape index (κ3) is 4.64. The van der Waals surface area contributed by atoms with Gasteiger partial charge in [-0.2, -0.15) is 5.26 Å². The number of ether oxygens (including phenoxy) is 2. The van der Waals surface area contributed by atoms with E-state index in [1.807, 2.05) is 0 Å². The first-order valence-electron chi connectivity index (χ1n) is 6.12. The number of nitrogens with zero attached hydrogens (tertiary/aromatic N) is 1.